The fourth-order valence-corrected chi connectivity index (χ4v) is 1.68. The van der Waals surface area contributed by atoms with Crippen molar-refractivity contribution in [3.8, 4) is 0 Å². The summed E-state index contributed by atoms with van der Waals surface area (Å²) in [6.07, 6.45) is 3.48. The lowest BCUT2D eigenvalue weighted by atomic mass is 10.3. The summed E-state index contributed by atoms with van der Waals surface area (Å²) < 4.78 is 7.77. The van der Waals surface area contributed by atoms with E-state index in [0.29, 0.717) is 5.69 Å². The van der Waals surface area contributed by atoms with Crippen molar-refractivity contribution in [3.63, 3.8) is 0 Å². The largest absolute Gasteiger partial charge is 0.337 e. The molecule has 1 heterocycles. The van der Waals surface area contributed by atoms with Crippen LogP contribution in [-0.2, 0) is 0 Å². The van der Waals surface area contributed by atoms with Crippen LogP contribution in [0.15, 0.2) is 6.20 Å². The van der Waals surface area contributed by atoms with E-state index in [4.69, 9.17) is 0 Å². The lowest BCUT2D eigenvalue weighted by Crippen LogP contribution is -2.32. The van der Waals surface area contributed by atoms with Crippen molar-refractivity contribution in [2.45, 2.75) is 26.7 Å². The molecular formula is C9H15N3OS. The Kier molecular flexibility index (Phi) is 4.52. The average Bonchev–Trinajstić information content (AvgIpc) is 2.69. The molecule has 78 valence electrons. The Morgan fingerprint density at radius 2 is 2.07 bits per heavy atom. The van der Waals surface area contributed by atoms with Crippen LogP contribution in [0.3, 0.4) is 0 Å². The topological polar surface area (TPSA) is 46.1 Å². The number of carbonyl (C=O) groups excluding carboxylic acids is 1. The van der Waals surface area contributed by atoms with Crippen LogP contribution in [0.4, 0.5) is 0 Å². The second kappa shape index (κ2) is 5.70. The summed E-state index contributed by atoms with van der Waals surface area (Å²) in [4.78, 5) is 13.6. The third kappa shape index (κ3) is 2.77. The lowest BCUT2D eigenvalue weighted by molar-refractivity contribution is 0.0751. The van der Waals surface area contributed by atoms with Gasteiger partial charge in [0, 0.05) is 13.1 Å². The Hall–Kier alpha value is -0.970. The number of rotatable bonds is 5. The zero-order chi connectivity index (χ0) is 10.4. The van der Waals surface area contributed by atoms with Gasteiger partial charge in [-0.15, -0.1) is 0 Å². The SMILES string of the molecule is CCCN(CCC)C(=O)c1cnsn1. The van der Waals surface area contributed by atoms with Gasteiger partial charge in [0.25, 0.3) is 5.91 Å². The second-order valence-corrected chi connectivity index (χ2v) is 3.64. The van der Waals surface area contributed by atoms with Gasteiger partial charge in [-0.25, -0.2) is 0 Å². The van der Waals surface area contributed by atoms with Gasteiger partial charge in [-0.05, 0) is 12.8 Å². The number of carbonyl (C=O) groups is 1. The fraction of sp³-hybridized carbons (Fsp3) is 0.667. The first kappa shape index (κ1) is 11.1. The maximum absolute atomic E-state index is 11.8. The number of nitrogens with zero attached hydrogens (tertiary/aromatic N) is 3. The van der Waals surface area contributed by atoms with Gasteiger partial charge >= 0.3 is 0 Å². The molecule has 0 bridgehead atoms. The Labute approximate surface area is 88.3 Å². The summed E-state index contributed by atoms with van der Waals surface area (Å²) in [6.45, 7) is 5.72. The molecule has 0 N–H and O–H groups in total. The molecule has 0 aliphatic rings. The molecule has 0 radical (unpaired) electrons. The van der Waals surface area contributed by atoms with Gasteiger partial charge in [0.1, 0.15) is 0 Å². The van der Waals surface area contributed by atoms with Crippen molar-refractivity contribution in [2.75, 3.05) is 13.1 Å². The Morgan fingerprint density at radius 1 is 1.43 bits per heavy atom. The minimum absolute atomic E-state index is 0.00227. The molecule has 0 saturated heterocycles. The van der Waals surface area contributed by atoms with E-state index in [1.165, 1.54) is 6.20 Å². The van der Waals surface area contributed by atoms with Crippen molar-refractivity contribution in [1.82, 2.24) is 13.6 Å². The monoisotopic (exact) mass is 213 g/mol. The second-order valence-electron chi connectivity index (χ2n) is 3.08. The Bertz CT molecular complexity index is 268. The van der Waals surface area contributed by atoms with E-state index in [1.54, 1.807) is 0 Å². The van der Waals surface area contributed by atoms with Gasteiger partial charge in [0.05, 0.1) is 17.9 Å². The van der Waals surface area contributed by atoms with Crippen LogP contribution >= 0.6 is 11.7 Å². The highest BCUT2D eigenvalue weighted by atomic mass is 32.1. The van der Waals surface area contributed by atoms with Gasteiger partial charge in [-0.2, -0.15) is 8.75 Å². The van der Waals surface area contributed by atoms with E-state index in [0.717, 1.165) is 37.7 Å². The third-order valence-corrected chi connectivity index (χ3v) is 2.33. The molecule has 0 fully saturated rings. The first-order valence-corrected chi connectivity index (χ1v) is 5.59. The number of hydrogen-bond acceptors (Lipinski definition) is 4. The molecule has 1 aromatic rings. The van der Waals surface area contributed by atoms with Gasteiger partial charge in [-0.3, -0.25) is 4.79 Å². The van der Waals surface area contributed by atoms with E-state index in [2.05, 4.69) is 22.6 Å². The summed E-state index contributed by atoms with van der Waals surface area (Å²) in [6, 6.07) is 0. The minimum atomic E-state index is 0.00227. The third-order valence-electron chi connectivity index (χ3n) is 1.85. The van der Waals surface area contributed by atoms with Gasteiger partial charge in [-0.1, -0.05) is 13.8 Å². The van der Waals surface area contributed by atoms with E-state index in [9.17, 15) is 4.79 Å². The zero-order valence-electron chi connectivity index (χ0n) is 8.56. The standard InChI is InChI=1S/C9H15N3OS/c1-3-5-12(6-4-2)9(13)8-7-10-14-11-8/h7H,3-6H2,1-2H3. The van der Waals surface area contributed by atoms with Crippen molar-refractivity contribution in [3.05, 3.63) is 11.9 Å². The first-order chi connectivity index (χ1) is 6.79. The summed E-state index contributed by atoms with van der Waals surface area (Å²) in [5, 5.41) is 0. The normalized spacial score (nSPS) is 10.1. The quantitative estimate of drug-likeness (QED) is 0.749. The molecule has 5 heteroatoms. The maximum atomic E-state index is 11.8. The van der Waals surface area contributed by atoms with Gasteiger partial charge in [0.2, 0.25) is 0 Å². The van der Waals surface area contributed by atoms with Crippen molar-refractivity contribution < 1.29 is 4.79 Å². The molecule has 4 nitrogen and oxygen atoms in total. The Balaban J connectivity index is 2.63. The first-order valence-electron chi connectivity index (χ1n) is 4.86. The molecule has 0 aliphatic carbocycles. The summed E-state index contributed by atoms with van der Waals surface area (Å²) in [5.41, 5.74) is 0.469. The summed E-state index contributed by atoms with van der Waals surface area (Å²) in [5.74, 6) is 0.00227. The van der Waals surface area contributed by atoms with Crippen molar-refractivity contribution >= 4 is 17.6 Å². The van der Waals surface area contributed by atoms with Crippen LogP contribution in [0, 0.1) is 0 Å². The van der Waals surface area contributed by atoms with Crippen LogP contribution < -0.4 is 0 Å². The highest BCUT2D eigenvalue weighted by Crippen LogP contribution is 2.04. The van der Waals surface area contributed by atoms with E-state index < -0.39 is 0 Å². The van der Waals surface area contributed by atoms with E-state index in [1.807, 2.05) is 4.90 Å². The van der Waals surface area contributed by atoms with E-state index >= 15 is 0 Å². The highest BCUT2D eigenvalue weighted by molar-refractivity contribution is 6.99. The molecule has 1 amide bonds. The van der Waals surface area contributed by atoms with Crippen molar-refractivity contribution in [2.24, 2.45) is 0 Å². The molecule has 0 aromatic carbocycles. The predicted molar refractivity (Wildman–Crippen MR) is 56.4 cm³/mol. The van der Waals surface area contributed by atoms with Crippen LogP contribution in [0.1, 0.15) is 37.2 Å². The number of aromatic nitrogens is 2. The maximum Gasteiger partial charge on any atom is 0.275 e. The minimum Gasteiger partial charge on any atom is -0.337 e. The van der Waals surface area contributed by atoms with Crippen LogP contribution in [0.5, 0.6) is 0 Å². The van der Waals surface area contributed by atoms with Crippen LogP contribution in [-0.4, -0.2) is 32.6 Å². The smallest absolute Gasteiger partial charge is 0.275 e. The van der Waals surface area contributed by atoms with Crippen molar-refractivity contribution in [1.29, 1.82) is 0 Å². The molecule has 1 aromatic heterocycles. The average molecular weight is 213 g/mol. The summed E-state index contributed by atoms with van der Waals surface area (Å²) in [7, 11) is 0. The fourth-order valence-electron chi connectivity index (χ4n) is 1.28. The molecule has 0 aliphatic heterocycles. The highest BCUT2D eigenvalue weighted by Gasteiger charge is 2.16. The van der Waals surface area contributed by atoms with Gasteiger partial charge in [0.15, 0.2) is 5.69 Å². The molecule has 0 atom stereocenters. The molecule has 0 unspecified atom stereocenters. The lowest BCUT2D eigenvalue weighted by Gasteiger charge is -2.19. The van der Waals surface area contributed by atoms with Crippen LogP contribution in [0.2, 0.25) is 0 Å². The molecule has 14 heavy (non-hydrogen) atoms. The van der Waals surface area contributed by atoms with E-state index in [-0.39, 0.29) is 5.91 Å². The molecular weight excluding hydrogens is 198 g/mol. The molecule has 1 rings (SSSR count). The van der Waals surface area contributed by atoms with Crippen LogP contribution in [0.25, 0.3) is 0 Å². The predicted octanol–water partition coefficient (Wildman–Crippen LogP) is 1.80. The zero-order valence-corrected chi connectivity index (χ0v) is 9.38. The number of amides is 1. The summed E-state index contributed by atoms with van der Waals surface area (Å²) >= 11 is 1.07. The molecule has 0 spiro atoms. The molecule has 0 saturated carbocycles. The Morgan fingerprint density at radius 3 is 2.50 bits per heavy atom. The van der Waals surface area contributed by atoms with Gasteiger partial charge < -0.3 is 4.90 Å². The number of hydrogen-bond donors (Lipinski definition) is 0.